The number of aliphatic hydroxyl groups excluding tert-OH is 1. The number of carbonyl (C=O) groups is 1. The zero-order valence-electron chi connectivity index (χ0n) is 16.6. The van der Waals surface area contributed by atoms with Gasteiger partial charge in [0, 0.05) is 50.2 Å². The first kappa shape index (κ1) is 19.8. The SMILES string of the molecule is O=C(Nc1ccc(CN2CCOCC2)cn1)c1ccc(N2CCC(O)CC2)cc1. The minimum Gasteiger partial charge on any atom is -0.393 e. The van der Waals surface area contributed by atoms with Crippen LogP contribution in [0.25, 0.3) is 0 Å². The predicted octanol–water partition coefficient (Wildman–Crippen LogP) is 2.13. The fourth-order valence-corrected chi connectivity index (χ4v) is 3.75. The number of benzene rings is 1. The fraction of sp³-hybridized carbons (Fsp3) is 0.455. The summed E-state index contributed by atoms with van der Waals surface area (Å²) in [5.41, 5.74) is 2.81. The Morgan fingerprint density at radius 1 is 1.07 bits per heavy atom. The van der Waals surface area contributed by atoms with Gasteiger partial charge in [-0.3, -0.25) is 9.69 Å². The Hall–Kier alpha value is -2.48. The summed E-state index contributed by atoms with van der Waals surface area (Å²) in [4.78, 5) is 21.5. The standard InChI is InChI=1S/C22H28N4O3/c27-20-7-9-26(10-8-20)19-4-2-18(3-5-19)22(28)24-21-6-1-17(15-23-21)16-25-11-13-29-14-12-25/h1-6,15,20,27H,7-14,16H2,(H,23,24,28). The van der Waals surface area contributed by atoms with Gasteiger partial charge in [-0.05, 0) is 48.7 Å². The summed E-state index contributed by atoms with van der Waals surface area (Å²) in [7, 11) is 0. The van der Waals surface area contributed by atoms with Gasteiger partial charge in [0.05, 0.1) is 19.3 Å². The molecule has 0 spiro atoms. The number of hydrogen-bond donors (Lipinski definition) is 2. The van der Waals surface area contributed by atoms with E-state index in [4.69, 9.17) is 4.74 Å². The Morgan fingerprint density at radius 3 is 2.45 bits per heavy atom. The van der Waals surface area contributed by atoms with E-state index in [-0.39, 0.29) is 12.0 Å². The number of hydrogen-bond acceptors (Lipinski definition) is 6. The van der Waals surface area contributed by atoms with Gasteiger partial charge in [-0.25, -0.2) is 4.98 Å². The van der Waals surface area contributed by atoms with Gasteiger partial charge in [0.2, 0.25) is 0 Å². The molecular weight excluding hydrogens is 368 g/mol. The van der Waals surface area contributed by atoms with E-state index < -0.39 is 0 Å². The van der Waals surface area contributed by atoms with Crippen molar-refractivity contribution >= 4 is 17.4 Å². The lowest BCUT2D eigenvalue weighted by atomic mass is 10.1. The number of carbonyl (C=O) groups excluding carboxylic acids is 1. The van der Waals surface area contributed by atoms with E-state index in [0.717, 1.165) is 70.0 Å². The largest absolute Gasteiger partial charge is 0.393 e. The molecule has 2 N–H and O–H groups in total. The molecule has 2 saturated heterocycles. The molecule has 0 radical (unpaired) electrons. The van der Waals surface area contributed by atoms with Gasteiger partial charge >= 0.3 is 0 Å². The molecule has 0 aliphatic carbocycles. The topological polar surface area (TPSA) is 77.9 Å². The summed E-state index contributed by atoms with van der Waals surface area (Å²) < 4.78 is 5.37. The molecule has 3 heterocycles. The van der Waals surface area contributed by atoms with Crippen LogP contribution in [-0.4, -0.2) is 66.4 Å². The molecule has 2 aromatic rings. The molecule has 1 aromatic carbocycles. The number of piperidine rings is 1. The summed E-state index contributed by atoms with van der Waals surface area (Å²) in [6.45, 7) is 5.96. The first-order valence-electron chi connectivity index (χ1n) is 10.3. The molecule has 0 bridgehead atoms. The average molecular weight is 396 g/mol. The van der Waals surface area contributed by atoms with Crippen LogP contribution in [0.4, 0.5) is 11.5 Å². The third-order valence-electron chi connectivity index (χ3n) is 5.54. The van der Waals surface area contributed by atoms with Gasteiger partial charge in [-0.1, -0.05) is 6.07 Å². The molecule has 4 rings (SSSR count). The highest BCUT2D eigenvalue weighted by Gasteiger charge is 2.17. The van der Waals surface area contributed by atoms with Crippen LogP contribution in [0.5, 0.6) is 0 Å². The van der Waals surface area contributed by atoms with Crippen molar-refractivity contribution in [1.82, 2.24) is 9.88 Å². The number of morpholine rings is 1. The Morgan fingerprint density at radius 2 is 1.79 bits per heavy atom. The number of aliphatic hydroxyl groups is 1. The quantitative estimate of drug-likeness (QED) is 0.806. The van der Waals surface area contributed by atoms with E-state index in [1.807, 2.05) is 42.6 Å². The van der Waals surface area contributed by atoms with Crippen LogP contribution in [0.3, 0.4) is 0 Å². The van der Waals surface area contributed by atoms with Crippen LogP contribution < -0.4 is 10.2 Å². The van der Waals surface area contributed by atoms with Gasteiger partial charge in [0.25, 0.3) is 5.91 Å². The Balaban J connectivity index is 1.31. The van der Waals surface area contributed by atoms with Crippen molar-refractivity contribution in [3.8, 4) is 0 Å². The molecule has 2 aliphatic rings. The van der Waals surface area contributed by atoms with Gasteiger partial charge in [0.15, 0.2) is 0 Å². The number of amides is 1. The molecule has 154 valence electrons. The van der Waals surface area contributed by atoms with Crippen molar-refractivity contribution < 1.29 is 14.6 Å². The van der Waals surface area contributed by atoms with Crippen molar-refractivity contribution in [3.05, 3.63) is 53.7 Å². The maximum atomic E-state index is 12.5. The van der Waals surface area contributed by atoms with E-state index in [1.54, 1.807) is 0 Å². The highest BCUT2D eigenvalue weighted by atomic mass is 16.5. The van der Waals surface area contributed by atoms with Crippen LogP contribution >= 0.6 is 0 Å². The number of aromatic nitrogens is 1. The average Bonchev–Trinajstić information content (AvgIpc) is 2.76. The number of ether oxygens (including phenoxy) is 1. The summed E-state index contributed by atoms with van der Waals surface area (Å²) >= 11 is 0. The van der Waals surface area contributed by atoms with E-state index in [2.05, 4.69) is 20.1 Å². The number of nitrogens with zero attached hydrogens (tertiary/aromatic N) is 3. The smallest absolute Gasteiger partial charge is 0.256 e. The molecule has 0 atom stereocenters. The molecule has 29 heavy (non-hydrogen) atoms. The Bertz CT molecular complexity index is 796. The monoisotopic (exact) mass is 396 g/mol. The second-order valence-corrected chi connectivity index (χ2v) is 7.66. The first-order valence-corrected chi connectivity index (χ1v) is 10.3. The number of pyridine rings is 1. The van der Waals surface area contributed by atoms with Gasteiger partial charge in [-0.2, -0.15) is 0 Å². The van der Waals surface area contributed by atoms with E-state index in [1.165, 1.54) is 0 Å². The van der Waals surface area contributed by atoms with Crippen molar-refractivity contribution in [1.29, 1.82) is 0 Å². The van der Waals surface area contributed by atoms with Gasteiger partial charge < -0.3 is 20.1 Å². The van der Waals surface area contributed by atoms with E-state index in [0.29, 0.717) is 11.4 Å². The minimum absolute atomic E-state index is 0.168. The summed E-state index contributed by atoms with van der Waals surface area (Å²) in [6.07, 6.45) is 3.20. The maximum absolute atomic E-state index is 12.5. The second-order valence-electron chi connectivity index (χ2n) is 7.66. The van der Waals surface area contributed by atoms with Crippen LogP contribution in [0, 0.1) is 0 Å². The summed E-state index contributed by atoms with van der Waals surface area (Å²) in [6, 6.07) is 11.5. The second kappa shape index (κ2) is 9.35. The van der Waals surface area contributed by atoms with E-state index in [9.17, 15) is 9.90 Å². The van der Waals surface area contributed by atoms with Gasteiger partial charge in [0.1, 0.15) is 5.82 Å². The van der Waals surface area contributed by atoms with Crippen LogP contribution in [-0.2, 0) is 11.3 Å². The first-order chi connectivity index (χ1) is 14.2. The number of rotatable bonds is 5. The lowest BCUT2D eigenvalue weighted by molar-refractivity contribution is 0.0341. The van der Waals surface area contributed by atoms with Crippen LogP contribution in [0.1, 0.15) is 28.8 Å². The van der Waals surface area contributed by atoms with Crippen molar-refractivity contribution in [2.45, 2.75) is 25.5 Å². The lowest BCUT2D eigenvalue weighted by Crippen LogP contribution is -2.35. The predicted molar refractivity (Wildman–Crippen MR) is 112 cm³/mol. The normalized spacial score (nSPS) is 18.6. The molecule has 1 aromatic heterocycles. The third-order valence-corrected chi connectivity index (χ3v) is 5.54. The van der Waals surface area contributed by atoms with Gasteiger partial charge in [-0.15, -0.1) is 0 Å². The molecule has 0 unspecified atom stereocenters. The zero-order chi connectivity index (χ0) is 20.1. The molecule has 1 amide bonds. The molecule has 0 saturated carbocycles. The van der Waals surface area contributed by atoms with Crippen LogP contribution in [0.15, 0.2) is 42.6 Å². The minimum atomic E-state index is -0.191. The maximum Gasteiger partial charge on any atom is 0.256 e. The zero-order valence-corrected chi connectivity index (χ0v) is 16.6. The third kappa shape index (κ3) is 5.32. The summed E-state index contributed by atoms with van der Waals surface area (Å²) in [5, 5.41) is 12.5. The summed E-state index contributed by atoms with van der Waals surface area (Å²) in [5.74, 6) is 0.383. The number of nitrogens with one attached hydrogen (secondary N) is 1. The Labute approximate surface area is 171 Å². The molecule has 7 heteroatoms. The van der Waals surface area contributed by atoms with E-state index >= 15 is 0 Å². The highest BCUT2D eigenvalue weighted by molar-refractivity contribution is 6.03. The molecule has 2 aliphatic heterocycles. The number of anilines is 2. The molecule has 7 nitrogen and oxygen atoms in total. The molecular formula is C22H28N4O3. The van der Waals surface area contributed by atoms with Crippen molar-refractivity contribution in [2.24, 2.45) is 0 Å². The fourth-order valence-electron chi connectivity index (χ4n) is 3.75. The lowest BCUT2D eigenvalue weighted by Gasteiger charge is -2.31. The highest BCUT2D eigenvalue weighted by Crippen LogP contribution is 2.21. The van der Waals surface area contributed by atoms with Crippen molar-refractivity contribution in [3.63, 3.8) is 0 Å². The Kier molecular flexibility index (Phi) is 6.39. The van der Waals surface area contributed by atoms with Crippen LogP contribution in [0.2, 0.25) is 0 Å². The van der Waals surface area contributed by atoms with Crippen molar-refractivity contribution in [2.75, 3.05) is 49.6 Å². The molecule has 2 fully saturated rings.